The van der Waals surface area contributed by atoms with Crippen LogP contribution in [0.5, 0.6) is 0 Å². The van der Waals surface area contributed by atoms with Crippen molar-refractivity contribution in [1.82, 2.24) is 15.8 Å². The summed E-state index contributed by atoms with van der Waals surface area (Å²) in [6, 6.07) is 8.34. The van der Waals surface area contributed by atoms with Gasteiger partial charge in [0.05, 0.1) is 19.2 Å². The topological polar surface area (TPSA) is 87.7 Å². The highest BCUT2D eigenvalue weighted by Crippen LogP contribution is 2.27. The first-order valence-electron chi connectivity index (χ1n) is 6.37. The summed E-state index contributed by atoms with van der Waals surface area (Å²) < 4.78 is 4.60. The summed E-state index contributed by atoms with van der Waals surface area (Å²) in [5.41, 5.74) is 6.13. The zero-order chi connectivity index (χ0) is 15.0. The zero-order valence-electron chi connectivity index (χ0n) is 11.3. The number of hydrazine groups is 1. The second-order valence-corrected chi connectivity index (χ2v) is 4.70. The van der Waals surface area contributed by atoms with E-state index in [1.165, 1.54) is 7.11 Å². The van der Waals surface area contributed by atoms with Crippen LogP contribution in [0.1, 0.15) is 5.56 Å². The Morgan fingerprint density at radius 3 is 2.67 bits per heavy atom. The van der Waals surface area contributed by atoms with Crippen molar-refractivity contribution in [3.05, 3.63) is 47.2 Å². The van der Waals surface area contributed by atoms with Gasteiger partial charge in [0.15, 0.2) is 0 Å². The second-order valence-electron chi connectivity index (χ2n) is 4.70. The van der Waals surface area contributed by atoms with Crippen molar-refractivity contribution in [3.63, 3.8) is 0 Å². The van der Waals surface area contributed by atoms with E-state index >= 15 is 0 Å². The van der Waals surface area contributed by atoms with E-state index in [1.54, 1.807) is 0 Å². The average Bonchev–Trinajstić information content (AvgIpc) is 3.04. The fourth-order valence-corrected chi connectivity index (χ4v) is 2.42. The SMILES string of the molecule is COC(=O)C1=C2C(=O)N(Cc3ccccc3)C(=O)C2NN1. The molecule has 0 aliphatic carbocycles. The third-order valence-corrected chi connectivity index (χ3v) is 3.46. The fraction of sp³-hybridized carbons (Fsp3) is 0.214. The van der Waals surface area contributed by atoms with Crippen molar-refractivity contribution in [2.45, 2.75) is 12.6 Å². The van der Waals surface area contributed by atoms with Crippen LogP contribution in [0, 0.1) is 0 Å². The number of nitrogens with zero attached hydrogens (tertiary/aromatic N) is 1. The van der Waals surface area contributed by atoms with Gasteiger partial charge in [-0.25, -0.2) is 10.2 Å². The molecule has 1 unspecified atom stereocenters. The van der Waals surface area contributed by atoms with Crippen molar-refractivity contribution in [2.24, 2.45) is 0 Å². The number of carbonyl (C=O) groups excluding carboxylic acids is 3. The molecule has 0 aromatic heterocycles. The summed E-state index contributed by atoms with van der Waals surface area (Å²) in [7, 11) is 1.22. The molecule has 1 aromatic rings. The number of ether oxygens (including phenoxy) is 1. The standard InChI is InChI=1S/C14H13N3O4/c1-21-14(20)11-9-10(15-16-11)13(19)17(12(9)18)7-8-5-3-2-4-6-8/h2-6,10,15-16H,7H2,1H3. The molecule has 1 saturated heterocycles. The summed E-state index contributed by atoms with van der Waals surface area (Å²) in [5, 5.41) is 0. The molecule has 1 fully saturated rings. The van der Waals surface area contributed by atoms with Crippen LogP contribution in [0.25, 0.3) is 0 Å². The number of rotatable bonds is 3. The minimum absolute atomic E-state index is 0.00332. The number of esters is 1. The van der Waals surface area contributed by atoms with Gasteiger partial charge in [-0.2, -0.15) is 0 Å². The van der Waals surface area contributed by atoms with Gasteiger partial charge in [-0.3, -0.25) is 14.5 Å². The maximum absolute atomic E-state index is 12.4. The van der Waals surface area contributed by atoms with E-state index in [4.69, 9.17) is 0 Å². The number of nitrogens with one attached hydrogen (secondary N) is 2. The molecule has 1 atom stereocenters. The number of benzene rings is 1. The lowest BCUT2D eigenvalue weighted by atomic mass is 10.1. The van der Waals surface area contributed by atoms with Gasteiger partial charge in [0.1, 0.15) is 11.7 Å². The van der Waals surface area contributed by atoms with Crippen molar-refractivity contribution in [3.8, 4) is 0 Å². The molecule has 0 bridgehead atoms. The number of hydrogen-bond acceptors (Lipinski definition) is 6. The van der Waals surface area contributed by atoms with Crippen LogP contribution in [0.2, 0.25) is 0 Å². The van der Waals surface area contributed by atoms with E-state index in [0.29, 0.717) is 0 Å². The molecular formula is C14H13N3O4. The molecule has 1 aromatic carbocycles. The Kier molecular flexibility index (Phi) is 3.19. The third-order valence-electron chi connectivity index (χ3n) is 3.46. The van der Waals surface area contributed by atoms with Crippen LogP contribution in [0.4, 0.5) is 0 Å². The van der Waals surface area contributed by atoms with Crippen molar-refractivity contribution < 1.29 is 19.1 Å². The maximum Gasteiger partial charge on any atom is 0.356 e. The van der Waals surface area contributed by atoms with Crippen LogP contribution < -0.4 is 10.9 Å². The Morgan fingerprint density at radius 2 is 2.00 bits per heavy atom. The monoisotopic (exact) mass is 287 g/mol. The molecule has 7 heteroatoms. The molecule has 108 valence electrons. The highest BCUT2D eigenvalue weighted by molar-refractivity contribution is 6.20. The van der Waals surface area contributed by atoms with Gasteiger partial charge in [0.25, 0.3) is 11.8 Å². The lowest BCUT2D eigenvalue weighted by Crippen LogP contribution is -2.42. The van der Waals surface area contributed by atoms with E-state index in [1.807, 2.05) is 30.3 Å². The maximum atomic E-state index is 12.4. The molecule has 0 radical (unpaired) electrons. The first-order valence-corrected chi connectivity index (χ1v) is 6.37. The Hall–Kier alpha value is -2.67. The van der Waals surface area contributed by atoms with Crippen molar-refractivity contribution in [2.75, 3.05) is 7.11 Å². The van der Waals surface area contributed by atoms with Crippen molar-refractivity contribution in [1.29, 1.82) is 0 Å². The van der Waals surface area contributed by atoms with E-state index in [-0.39, 0.29) is 23.7 Å². The summed E-state index contributed by atoms with van der Waals surface area (Å²) in [5.74, 6) is -1.54. The molecule has 3 rings (SSSR count). The quantitative estimate of drug-likeness (QED) is 0.573. The first-order chi connectivity index (χ1) is 10.1. The molecule has 0 spiro atoms. The molecule has 0 saturated carbocycles. The van der Waals surface area contributed by atoms with Crippen molar-refractivity contribution >= 4 is 17.8 Å². The largest absolute Gasteiger partial charge is 0.464 e. The van der Waals surface area contributed by atoms with Crippen LogP contribution in [0.3, 0.4) is 0 Å². The highest BCUT2D eigenvalue weighted by Gasteiger charge is 2.49. The lowest BCUT2D eigenvalue weighted by molar-refractivity contribution is -0.140. The van der Waals surface area contributed by atoms with Crippen LogP contribution in [0.15, 0.2) is 41.6 Å². The average molecular weight is 287 g/mol. The molecule has 7 nitrogen and oxygen atoms in total. The Bertz CT molecular complexity index is 653. The smallest absolute Gasteiger partial charge is 0.356 e. The molecule has 2 amide bonds. The predicted molar refractivity (Wildman–Crippen MR) is 71.1 cm³/mol. The minimum atomic E-state index is -0.838. The van der Waals surface area contributed by atoms with Crippen LogP contribution in [-0.4, -0.2) is 35.8 Å². The number of amides is 2. The highest BCUT2D eigenvalue weighted by atomic mass is 16.5. The molecule has 2 heterocycles. The first kappa shape index (κ1) is 13.3. The molecule has 2 N–H and O–H groups in total. The molecule has 2 aliphatic heterocycles. The summed E-state index contributed by atoms with van der Waals surface area (Å²) in [6.45, 7) is 0.175. The Labute approximate surface area is 120 Å². The normalized spacial score (nSPS) is 20.6. The van der Waals surface area contributed by atoms with Gasteiger partial charge in [-0.05, 0) is 5.56 Å². The van der Waals surface area contributed by atoms with Gasteiger partial charge in [-0.1, -0.05) is 30.3 Å². The second kappa shape index (κ2) is 5.02. The fourth-order valence-electron chi connectivity index (χ4n) is 2.42. The van der Waals surface area contributed by atoms with Crippen LogP contribution >= 0.6 is 0 Å². The number of hydrogen-bond donors (Lipinski definition) is 2. The van der Waals surface area contributed by atoms with Gasteiger partial charge in [0.2, 0.25) is 0 Å². The summed E-state index contributed by atoms with van der Waals surface area (Å²) in [6.07, 6.45) is 0. The van der Waals surface area contributed by atoms with Gasteiger partial charge in [-0.15, -0.1) is 0 Å². The van der Waals surface area contributed by atoms with E-state index in [2.05, 4.69) is 15.6 Å². The number of likely N-dealkylation sites (tertiary alicyclic amines) is 1. The van der Waals surface area contributed by atoms with Gasteiger partial charge < -0.3 is 10.2 Å². The number of carbonyl (C=O) groups is 3. The number of imide groups is 1. The Balaban J connectivity index is 1.91. The zero-order valence-corrected chi connectivity index (χ0v) is 11.3. The minimum Gasteiger partial charge on any atom is -0.464 e. The third kappa shape index (κ3) is 2.07. The Morgan fingerprint density at radius 1 is 1.29 bits per heavy atom. The lowest BCUT2D eigenvalue weighted by Gasteiger charge is -2.15. The number of fused-ring (bicyclic) bond motifs is 1. The van der Waals surface area contributed by atoms with Gasteiger partial charge in [0, 0.05) is 0 Å². The molecule has 21 heavy (non-hydrogen) atoms. The van der Waals surface area contributed by atoms with Crippen LogP contribution in [-0.2, 0) is 25.7 Å². The summed E-state index contributed by atoms with van der Waals surface area (Å²) >= 11 is 0. The molecular weight excluding hydrogens is 274 g/mol. The predicted octanol–water partition coefficient (Wildman–Crippen LogP) is -0.541. The molecule has 2 aliphatic rings. The van der Waals surface area contributed by atoms with E-state index < -0.39 is 17.9 Å². The van der Waals surface area contributed by atoms with Gasteiger partial charge >= 0.3 is 5.97 Å². The van der Waals surface area contributed by atoms with E-state index in [0.717, 1.165) is 10.5 Å². The summed E-state index contributed by atoms with van der Waals surface area (Å²) in [4.78, 5) is 37.4. The number of methoxy groups -OCH3 is 1. The van der Waals surface area contributed by atoms with E-state index in [9.17, 15) is 14.4 Å².